The number of aliphatic hydroxyl groups is 8. The second-order valence-corrected chi connectivity index (χ2v) is 26.0. The van der Waals surface area contributed by atoms with Crippen LogP contribution in [0.25, 0.3) is 0 Å². The molecule has 0 fully saturated rings. The Hall–Kier alpha value is -2.48. The first-order chi connectivity index (χ1) is 60.3. The van der Waals surface area contributed by atoms with Crippen LogP contribution in [-0.2, 0) is 123 Å². The van der Waals surface area contributed by atoms with E-state index in [4.69, 9.17) is 155 Å². The molecule has 0 amide bonds. The second kappa shape index (κ2) is 92.9. The lowest BCUT2D eigenvalue weighted by Crippen LogP contribution is -2.34. The average molecular weight is 1910 g/mol. The number of ether oxygens (including phenoxy) is 26. The van der Waals surface area contributed by atoms with E-state index in [1.165, 1.54) is 0 Å². The van der Waals surface area contributed by atoms with Gasteiger partial charge in [0.15, 0.2) is 0 Å². The van der Waals surface area contributed by atoms with Gasteiger partial charge in [-0.3, -0.25) is 0 Å². The highest BCUT2D eigenvalue weighted by molar-refractivity contribution is 4.81. The molecule has 0 spiro atoms. The van der Waals surface area contributed by atoms with Gasteiger partial charge in [0, 0.05) is 25.7 Å². The number of alkyl halides is 16. The van der Waals surface area contributed by atoms with Gasteiger partial charge in [-0.15, -0.1) is 0 Å². The lowest BCUT2D eigenvalue weighted by atomic mass is 10.1. The standard InChI is InChI=1S/C26H50F4O12.C22H42F4O10.C18H34F4O8.C10H18F4O4/c27-25(28,1-4-33-7-10-36-13-16-39-17-14-37-11-8-34-5-2-31)23-26(29,30)24-42-22-21-41-20-19-40-18-15-38-12-9-35-6-3-32;23-21(24,1-4-29-7-10-32-13-14-33-11-8-30-5-2-27)19-22(25,26)20-36-18-17-35-16-15-34-12-9-31-6-3-28;19-17(20,1-4-25-7-10-28-11-8-26-5-2-23)15-18(21,22)16-30-14-13-29-12-9-27-6-3-24;11-9(12,1-4-17-5-2-15)7-10(13,14)8-18-6-3-16/h31-32H,1-24H2;27-28H,1-20H2;23-24H,1-16H2;15-16H,1-8H2. The molecule has 0 unspecified atom stereocenters. The van der Waals surface area contributed by atoms with E-state index in [9.17, 15) is 70.2 Å². The maximum atomic E-state index is 13.9. The van der Waals surface area contributed by atoms with Crippen molar-refractivity contribution in [3.63, 3.8) is 0 Å². The Kier molecular flexibility index (Phi) is 95.7. The molecule has 764 valence electrons. The molecular weight excluding hydrogens is 1760 g/mol. The SMILES string of the molecule is OCCOCCC(F)(F)CC(F)(F)COCCO.OCCOCCOCCOCCC(F)(F)CC(F)(F)COCCOCCOCCO.OCCOCCOCCOCCOCCC(F)(F)CC(F)(F)COCCOCCOCCOCCO.OCCOCCOCCOCCOCCOCCC(F)(F)CC(F)(F)COCCOCCOCCOCCOCCO. The van der Waals surface area contributed by atoms with Gasteiger partial charge in [-0.25, -0.2) is 70.2 Å². The Morgan fingerprint density at radius 1 is 0.111 bits per heavy atom. The van der Waals surface area contributed by atoms with Crippen molar-refractivity contribution in [2.24, 2.45) is 0 Å². The average Bonchev–Trinajstić information content (AvgIpc) is 0.887. The second-order valence-electron chi connectivity index (χ2n) is 26.0. The van der Waals surface area contributed by atoms with Crippen molar-refractivity contribution in [1.82, 2.24) is 0 Å². The Bertz CT molecular complexity index is 2170. The van der Waals surface area contributed by atoms with E-state index in [1.54, 1.807) is 0 Å². The third-order valence-electron chi connectivity index (χ3n) is 14.4. The fourth-order valence-electron chi connectivity index (χ4n) is 8.73. The van der Waals surface area contributed by atoms with Crippen molar-refractivity contribution in [3.05, 3.63) is 0 Å². The zero-order chi connectivity index (χ0) is 94.5. The first-order valence-electron chi connectivity index (χ1n) is 41.2. The summed E-state index contributed by atoms with van der Waals surface area (Å²) in [6.45, 7) is 1.64. The molecule has 34 nitrogen and oxygen atoms in total. The molecule has 0 aliphatic heterocycles. The number of halogens is 16. The molecule has 0 aromatic rings. The lowest BCUT2D eigenvalue weighted by molar-refractivity contribution is -0.153. The summed E-state index contributed by atoms with van der Waals surface area (Å²) >= 11 is 0. The van der Waals surface area contributed by atoms with Gasteiger partial charge in [-0.1, -0.05) is 0 Å². The van der Waals surface area contributed by atoms with Gasteiger partial charge in [0.1, 0.15) is 26.4 Å². The quantitative estimate of drug-likeness (QED) is 0.0306. The fraction of sp³-hybridized carbons (Fsp3) is 1.00. The molecular formula is C76H144F16O34. The molecule has 0 atom stereocenters. The van der Waals surface area contributed by atoms with E-state index >= 15 is 0 Å². The predicted octanol–water partition coefficient (Wildman–Crippen LogP) is 4.52. The Morgan fingerprint density at radius 2 is 0.198 bits per heavy atom. The molecule has 8 N–H and O–H groups in total. The van der Waals surface area contributed by atoms with Crippen LogP contribution in [-0.4, -0.2) is 485 Å². The highest BCUT2D eigenvalue weighted by atomic mass is 19.3. The van der Waals surface area contributed by atoms with Gasteiger partial charge in [0.25, 0.3) is 47.4 Å². The lowest BCUT2D eigenvalue weighted by Gasteiger charge is -2.23. The molecule has 0 saturated carbocycles. The normalized spacial score (nSPS) is 12.6. The summed E-state index contributed by atoms with van der Waals surface area (Å²) in [7, 11) is 0. The van der Waals surface area contributed by atoms with Crippen molar-refractivity contribution < 1.29 is 234 Å². The van der Waals surface area contributed by atoms with E-state index in [-0.39, 0.29) is 258 Å². The van der Waals surface area contributed by atoms with Gasteiger partial charge < -0.3 is 164 Å². The topological polar surface area (TPSA) is 402 Å². The number of hydrogen-bond donors (Lipinski definition) is 8. The van der Waals surface area contributed by atoms with Gasteiger partial charge >= 0.3 is 0 Å². The summed E-state index contributed by atoms with van der Waals surface area (Å²) in [6.07, 6.45) is -9.89. The van der Waals surface area contributed by atoms with E-state index in [2.05, 4.69) is 9.47 Å². The molecule has 0 aromatic heterocycles. The van der Waals surface area contributed by atoms with Crippen molar-refractivity contribution >= 4 is 0 Å². The van der Waals surface area contributed by atoms with Crippen molar-refractivity contribution in [2.45, 2.75) is 98.7 Å². The molecule has 0 aromatic carbocycles. The molecule has 0 radical (unpaired) electrons. The highest BCUT2D eigenvalue weighted by Crippen LogP contribution is 2.37. The van der Waals surface area contributed by atoms with E-state index in [1.807, 2.05) is 0 Å². The Labute approximate surface area is 727 Å². The summed E-state index contributed by atoms with van der Waals surface area (Å²) in [5, 5.41) is 67.8. The van der Waals surface area contributed by atoms with Gasteiger partial charge in [0.2, 0.25) is 0 Å². The number of rotatable bonds is 98. The molecule has 50 heteroatoms. The molecule has 126 heavy (non-hydrogen) atoms. The van der Waals surface area contributed by atoms with Crippen LogP contribution in [0, 0.1) is 0 Å². The maximum absolute atomic E-state index is 13.9. The number of hydrogen-bond acceptors (Lipinski definition) is 34. The largest absolute Gasteiger partial charge is 0.394 e. The Balaban J connectivity index is -0.000000815. The smallest absolute Gasteiger partial charge is 0.276 e. The van der Waals surface area contributed by atoms with Crippen molar-refractivity contribution in [3.8, 4) is 0 Å². The molecule has 0 aliphatic rings. The minimum Gasteiger partial charge on any atom is -0.394 e. The fourth-order valence-corrected chi connectivity index (χ4v) is 8.73. The minimum absolute atomic E-state index is 0.0214. The van der Waals surface area contributed by atoms with Crippen LogP contribution in [0.5, 0.6) is 0 Å². The van der Waals surface area contributed by atoms with Crippen LogP contribution in [0.1, 0.15) is 51.4 Å². The van der Waals surface area contributed by atoms with Gasteiger partial charge in [0.05, 0.1) is 396 Å². The molecule has 0 bridgehead atoms. The van der Waals surface area contributed by atoms with Crippen LogP contribution in [0.2, 0.25) is 0 Å². The van der Waals surface area contributed by atoms with E-state index in [0.29, 0.717) is 99.1 Å². The van der Waals surface area contributed by atoms with Gasteiger partial charge in [-0.05, 0) is 0 Å². The maximum Gasteiger partial charge on any atom is 0.276 e. The third-order valence-corrected chi connectivity index (χ3v) is 14.4. The van der Waals surface area contributed by atoms with Gasteiger partial charge in [-0.2, -0.15) is 0 Å². The van der Waals surface area contributed by atoms with Crippen molar-refractivity contribution in [2.75, 3.05) is 396 Å². The minimum atomic E-state index is -3.70. The highest BCUT2D eigenvalue weighted by Gasteiger charge is 2.46. The van der Waals surface area contributed by atoms with E-state index < -0.39 is 138 Å². The van der Waals surface area contributed by atoms with Crippen LogP contribution in [0.4, 0.5) is 70.2 Å². The van der Waals surface area contributed by atoms with Crippen LogP contribution >= 0.6 is 0 Å². The zero-order valence-corrected chi connectivity index (χ0v) is 72.3. The third kappa shape index (κ3) is 109. The Morgan fingerprint density at radius 3 is 0.325 bits per heavy atom. The van der Waals surface area contributed by atoms with E-state index in [0.717, 1.165) is 0 Å². The van der Waals surface area contributed by atoms with Crippen LogP contribution in [0.3, 0.4) is 0 Å². The van der Waals surface area contributed by atoms with Crippen LogP contribution in [0.15, 0.2) is 0 Å². The number of aliphatic hydroxyl groups excluding tert-OH is 8. The molecule has 0 saturated heterocycles. The summed E-state index contributed by atoms with van der Waals surface area (Å²) < 4.78 is 349. The first kappa shape index (κ1) is 130. The molecule has 0 heterocycles. The first-order valence-corrected chi connectivity index (χ1v) is 41.2. The van der Waals surface area contributed by atoms with Crippen molar-refractivity contribution in [1.29, 1.82) is 0 Å². The summed E-state index contributed by atoms with van der Waals surface area (Å²) in [5.74, 6) is -29.1. The zero-order valence-electron chi connectivity index (χ0n) is 72.3. The summed E-state index contributed by atoms with van der Waals surface area (Å²) in [4.78, 5) is 0. The summed E-state index contributed by atoms with van der Waals surface area (Å²) in [6, 6.07) is 0. The molecule has 0 rings (SSSR count). The monoisotopic (exact) mass is 1900 g/mol. The van der Waals surface area contributed by atoms with Crippen LogP contribution < -0.4 is 0 Å². The predicted molar refractivity (Wildman–Crippen MR) is 414 cm³/mol. The summed E-state index contributed by atoms with van der Waals surface area (Å²) in [5.41, 5.74) is 0. The molecule has 0 aliphatic carbocycles.